The molecule has 0 bridgehead atoms. The third-order valence-corrected chi connectivity index (χ3v) is 21.1. The summed E-state index contributed by atoms with van der Waals surface area (Å²) in [5.74, 6) is 0. The standard InChI is InChI=1S/C74H37N5OS3/c75-38-52-64(51-24-15-23-44-40-16-4-11-28-60(40)80-71(44)51)70(79-56-27-10-3-22-50(56)67-59(79)37-34-47-43-19-7-14-31-63(43)83-74(47)67)69(78-55-26-9-2-21-49(55)66-58(78)36-33-46-42-18-6-13-30-62(42)82-73(46)66)53(39-76)68(52)77-54-25-8-1-20-48(54)65-57(77)35-32-45-41-17-5-12-29-61(41)81-72(45)65/h1-37H. The van der Waals surface area contributed by atoms with Crippen LogP contribution in [-0.2, 0) is 0 Å². The van der Waals surface area contributed by atoms with Crippen LogP contribution in [0.3, 0.4) is 0 Å². The summed E-state index contributed by atoms with van der Waals surface area (Å²) in [5, 5.41) is 41.1. The van der Waals surface area contributed by atoms with Gasteiger partial charge in [0, 0.05) is 115 Å². The monoisotopic (exact) mass is 1110 g/mol. The van der Waals surface area contributed by atoms with Crippen LogP contribution in [0.25, 0.3) is 176 Å². The van der Waals surface area contributed by atoms with E-state index in [1.54, 1.807) is 11.3 Å². The summed E-state index contributed by atoms with van der Waals surface area (Å²) >= 11 is 5.40. The van der Waals surface area contributed by atoms with E-state index in [0.29, 0.717) is 39.3 Å². The maximum atomic E-state index is 12.8. The number of aromatic nitrogens is 3. The van der Waals surface area contributed by atoms with Crippen LogP contribution in [0.4, 0.5) is 0 Å². The first-order valence-corrected chi connectivity index (χ1v) is 30.1. The molecule has 0 aliphatic heterocycles. The summed E-state index contributed by atoms with van der Waals surface area (Å²) < 4.78 is 21.2. The lowest BCUT2D eigenvalue weighted by atomic mass is 9.90. The maximum Gasteiger partial charge on any atom is 0.143 e. The lowest BCUT2D eigenvalue weighted by Crippen LogP contribution is -2.14. The summed E-state index contributed by atoms with van der Waals surface area (Å²) in [6, 6.07) is 85.6. The van der Waals surface area contributed by atoms with Gasteiger partial charge in [0.25, 0.3) is 0 Å². The molecule has 12 aromatic carbocycles. The molecule has 0 aliphatic carbocycles. The highest BCUT2D eigenvalue weighted by Gasteiger charge is 2.35. The van der Waals surface area contributed by atoms with E-state index in [1.807, 2.05) is 40.9 Å². The van der Waals surface area contributed by atoms with Gasteiger partial charge in [0.1, 0.15) is 28.9 Å². The van der Waals surface area contributed by atoms with Crippen LogP contribution in [0.2, 0.25) is 0 Å². The van der Waals surface area contributed by atoms with E-state index in [-0.39, 0.29) is 0 Å². The number of thiophene rings is 3. The number of benzene rings is 12. The van der Waals surface area contributed by atoms with Crippen LogP contribution in [0, 0.1) is 22.7 Å². The first kappa shape index (κ1) is 45.2. The summed E-state index contributed by atoms with van der Waals surface area (Å²) in [6.45, 7) is 0. The highest BCUT2D eigenvalue weighted by Crippen LogP contribution is 2.54. The van der Waals surface area contributed by atoms with E-state index in [9.17, 15) is 10.5 Å². The molecule has 0 atom stereocenters. The van der Waals surface area contributed by atoms with Crippen LogP contribution < -0.4 is 0 Å². The van der Waals surface area contributed by atoms with Crippen LogP contribution in [0.15, 0.2) is 229 Å². The molecule has 0 N–H and O–H groups in total. The highest BCUT2D eigenvalue weighted by atomic mass is 32.1. The molecule has 7 aromatic heterocycles. The predicted molar refractivity (Wildman–Crippen MR) is 350 cm³/mol. The molecule has 0 saturated carbocycles. The fraction of sp³-hybridized carbons (Fsp3) is 0. The van der Waals surface area contributed by atoms with Crippen molar-refractivity contribution in [3.05, 3.63) is 236 Å². The fourth-order valence-corrected chi connectivity index (χ4v) is 18.0. The number of rotatable bonds is 4. The van der Waals surface area contributed by atoms with Crippen molar-refractivity contribution in [3.8, 4) is 40.3 Å². The largest absolute Gasteiger partial charge is 0.455 e. The second-order valence-electron chi connectivity index (χ2n) is 21.5. The van der Waals surface area contributed by atoms with E-state index < -0.39 is 0 Å². The number of hydrogen-bond donors (Lipinski definition) is 0. The zero-order valence-electron chi connectivity index (χ0n) is 43.7. The molecule has 0 saturated heterocycles. The number of para-hydroxylation sites is 5. The number of furan rings is 1. The molecule has 0 unspecified atom stereocenters. The van der Waals surface area contributed by atoms with Gasteiger partial charge in [-0.15, -0.1) is 34.0 Å². The molecule has 19 rings (SSSR count). The van der Waals surface area contributed by atoms with E-state index >= 15 is 0 Å². The van der Waals surface area contributed by atoms with Crippen molar-refractivity contribution >= 4 is 182 Å². The number of nitrogens with zero attached hydrogens (tertiary/aromatic N) is 5. The van der Waals surface area contributed by atoms with Gasteiger partial charge in [-0.05, 0) is 60.7 Å². The Morgan fingerprint density at radius 1 is 0.301 bits per heavy atom. The molecule has 0 fully saturated rings. The van der Waals surface area contributed by atoms with Crippen molar-refractivity contribution in [2.45, 2.75) is 0 Å². The highest BCUT2D eigenvalue weighted by molar-refractivity contribution is 7.27. The molecule has 0 spiro atoms. The Hall–Kier alpha value is -10.5. The van der Waals surface area contributed by atoms with Gasteiger partial charge in [0.2, 0.25) is 0 Å². The minimum absolute atomic E-state index is 0.355. The molecule has 382 valence electrons. The van der Waals surface area contributed by atoms with Crippen LogP contribution in [0.5, 0.6) is 0 Å². The van der Waals surface area contributed by atoms with Gasteiger partial charge in [0.05, 0.1) is 55.7 Å². The van der Waals surface area contributed by atoms with E-state index in [4.69, 9.17) is 4.42 Å². The molecule has 7 heterocycles. The maximum absolute atomic E-state index is 12.8. The molecular weight excluding hydrogens is 1070 g/mol. The Morgan fingerprint density at radius 2 is 0.687 bits per heavy atom. The normalized spacial score (nSPS) is 12.3. The Kier molecular flexibility index (Phi) is 9.02. The molecular formula is C74H37N5OS3. The topological polar surface area (TPSA) is 75.5 Å². The molecule has 9 heteroatoms. The molecule has 0 aliphatic rings. The van der Waals surface area contributed by atoms with Crippen LogP contribution in [-0.4, -0.2) is 13.7 Å². The van der Waals surface area contributed by atoms with Crippen molar-refractivity contribution < 1.29 is 4.42 Å². The molecule has 0 radical (unpaired) electrons. The van der Waals surface area contributed by atoms with Crippen LogP contribution in [0.1, 0.15) is 11.1 Å². The predicted octanol–water partition coefficient (Wildman–Crippen LogP) is 21.4. The molecule has 6 nitrogen and oxygen atoms in total. The van der Waals surface area contributed by atoms with Gasteiger partial charge >= 0.3 is 0 Å². The van der Waals surface area contributed by atoms with Crippen molar-refractivity contribution in [1.82, 2.24) is 13.7 Å². The first-order valence-electron chi connectivity index (χ1n) is 27.6. The average molecular weight is 1110 g/mol. The number of fused-ring (bicyclic) bond motifs is 24. The van der Waals surface area contributed by atoms with Gasteiger partial charge in [-0.1, -0.05) is 164 Å². The zero-order chi connectivity index (χ0) is 54.3. The zero-order valence-corrected chi connectivity index (χ0v) is 46.2. The van der Waals surface area contributed by atoms with Crippen LogP contribution >= 0.6 is 34.0 Å². The Balaban J connectivity index is 1.10. The SMILES string of the molecule is N#Cc1c(-c2cccc3c2oc2ccccc23)c(-n2c3ccccc3c3c4sc5ccccc5c4ccc32)c(-n2c3ccccc3c3c4sc5ccccc5c4ccc32)c(C#N)c1-n1c2ccccc2c2c3sc4ccccc4c3ccc21. The minimum atomic E-state index is 0.355. The second-order valence-corrected chi connectivity index (χ2v) is 24.7. The molecule has 0 amide bonds. The summed E-state index contributed by atoms with van der Waals surface area (Å²) in [4.78, 5) is 0. The van der Waals surface area contributed by atoms with E-state index in [1.165, 1.54) is 55.8 Å². The van der Waals surface area contributed by atoms with Crippen molar-refractivity contribution in [2.24, 2.45) is 0 Å². The Labute approximate surface area is 483 Å². The van der Waals surface area contributed by atoms with Gasteiger partial charge in [0.15, 0.2) is 0 Å². The Morgan fingerprint density at radius 3 is 1.16 bits per heavy atom. The third-order valence-electron chi connectivity index (χ3n) is 17.5. The fourth-order valence-electron chi connectivity index (χ4n) is 14.2. The van der Waals surface area contributed by atoms with E-state index in [0.717, 1.165) is 92.0 Å². The summed E-state index contributed by atoms with van der Waals surface area (Å²) in [5.41, 5.74) is 11.0. The quantitative estimate of drug-likeness (QED) is 0.176. The van der Waals surface area contributed by atoms with Gasteiger partial charge in [-0.3, -0.25) is 0 Å². The van der Waals surface area contributed by atoms with Crippen molar-refractivity contribution in [3.63, 3.8) is 0 Å². The minimum Gasteiger partial charge on any atom is -0.455 e. The number of hydrogen-bond acceptors (Lipinski definition) is 6. The molecule has 19 aromatic rings. The lowest BCUT2D eigenvalue weighted by molar-refractivity contribution is 0.670. The van der Waals surface area contributed by atoms with Gasteiger partial charge in [-0.25, -0.2) is 0 Å². The van der Waals surface area contributed by atoms with Crippen molar-refractivity contribution in [2.75, 3.05) is 0 Å². The van der Waals surface area contributed by atoms with Gasteiger partial charge < -0.3 is 18.1 Å². The Bertz CT molecular complexity index is 6240. The average Bonchev–Trinajstić information content (AvgIpc) is 1.79. The second kappa shape index (κ2) is 16.5. The lowest BCUT2D eigenvalue weighted by Gasteiger charge is -2.26. The number of nitriles is 2. The van der Waals surface area contributed by atoms with Gasteiger partial charge in [-0.2, -0.15) is 10.5 Å². The van der Waals surface area contributed by atoms with E-state index in [2.05, 4.69) is 232 Å². The first-order chi connectivity index (χ1) is 41.1. The molecule has 83 heavy (non-hydrogen) atoms. The van der Waals surface area contributed by atoms with Crippen molar-refractivity contribution in [1.29, 1.82) is 10.5 Å². The summed E-state index contributed by atoms with van der Waals surface area (Å²) in [6.07, 6.45) is 0. The summed E-state index contributed by atoms with van der Waals surface area (Å²) in [7, 11) is 0. The smallest absolute Gasteiger partial charge is 0.143 e. The third kappa shape index (κ3) is 5.82.